The maximum absolute atomic E-state index is 14.1. The number of methoxy groups -OCH3 is 1. The van der Waals surface area contributed by atoms with Gasteiger partial charge in [-0.05, 0) is 94.5 Å². The average molecular weight is 714 g/mol. The van der Waals surface area contributed by atoms with Crippen LogP contribution in [0.15, 0.2) is 104 Å². The van der Waals surface area contributed by atoms with Crippen molar-refractivity contribution >= 4 is 50.1 Å². The van der Waals surface area contributed by atoms with E-state index in [1.807, 2.05) is 61.5 Å². The van der Waals surface area contributed by atoms with Gasteiger partial charge in [0.1, 0.15) is 12.4 Å². The molecule has 0 radical (unpaired) electrons. The lowest BCUT2D eigenvalue weighted by molar-refractivity contribution is -0.139. The molecular formula is C37H33BrN2O6S. The van der Waals surface area contributed by atoms with Crippen molar-refractivity contribution in [3.05, 3.63) is 131 Å². The molecule has 1 aliphatic heterocycles. The molecule has 0 bridgehead atoms. The van der Waals surface area contributed by atoms with Crippen LogP contribution in [0.4, 0.5) is 0 Å². The van der Waals surface area contributed by atoms with Crippen LogP contribution < -0.4 is 29.1 Å². The van der Waals surface area contributed by atoms with E-state index in [0.717, 1.165) is 21.9 Å². The number of thiazole rings is 1. The predicted octanol–water partition coefficient (Wildman–Crippen LogP) is 6.70. The Kier molecular flexibility index (Phi) is 9.60. The molecule has 0 N–H and O–H groups in total. The van der Waals surface area contributed by atoms with Gasteiger partial charge in [0.25, 0.3) is 5.56 Å². The average Bonchev–Trinajstić information content (AvgIpc) is 3.37. The summed E-state index contributed by atoms with van der Waals surface area (Å²) in [4.78, 5) is 32.5. The molecule has 240 valence electrons. The summed E-state index contributed by atoms with van der Waals surface area (Å²) in [7, 11) is 1.58. The van der Waals surface area contributed by atoms with Gasteiger partial charge in [0, 0.05) is 0 Å². The summed E-state index contributed by atoms with van der Waals surface area (Å²) in [5.74, 6) is 1.31. The van der Waals surface area contributed by atoms with E-state index in [-0.39, 0.29) is 12.2 Å². The third-order valence-electron chi connectivity index (χ3n) is 7.84. The van der Waals surface area contributed by atoms with Crippen molar-refractivity contribution in [3.8, 4) is 17.2 Å². The number of halogens is 1. The van der Waals surface area contributed by atoms with E-state index in [4.69, 9.17) is 18.9 Å². The van der Waals surface area contributed by atoms with Gasteiger partial charge in [0.2, 0.25) is 0 Å². The zero-order valence-corrected chi connectivity index (χ0v) is 28.8. The second-order valence-electron chi connectivity index (χ2n) is 10.8. The first-order valence-corrected chi connectivity index (χ1v) is 16.8. The molecule has 10 heteroatoms. The van der Waals surface area contributed by atoms with Gasteiger partial charge in [-0.2, -0.15) is 0 Å². The molecule has 1 aliphatic rings. The molecule has 0 saturated carbocycles. The van der Waals surface area contributed by atoms with Crippen LogP contribution in [0.25, 0.3) is 16.8 Å². The number of esters is 1. The molecule has 1 atom stereocenters. The summed E-state index contributed by atoms with van der Waals surface area (Å²) >= 11 is 4.81. The van der Waals surface area contributed by atoms with Crippen LogP contribution in [0.2, 0.25) is 0 Å². The summed E-state index contributed by atoms with van der Waals surface area (Å²) in [5.41, 5.74) is 3.10. The Bertz CT molecular complexity index is 2200. The molecule has 0 fully saturated rings. The minimum atomic E-state index is -0.738. The molecule has 4 aromatic carbocycles. The van der Waals surface area contributed by atoms with E-state index in [1.165, 1.54) is 11.3 Å². The highest BCUT2D eigenvalue weighted by Gasteiger charge is 2.33. The second-order valence-corrected chi connectivity index (χ2v) is 12.6. The Labute approximate surface area is 284 Å². The number of hydrogen-bond acceptors (Lipinski definition) is 8. The van der Waals surface area contributed by atoms with E-state index in [1.54, 1.807) is 31.6 Å². The van der Waals surface area contributed by atoms with Crippen LogP contribution >= 0.6 is 27.3 Å². The maximum Gasteiger partial charge on any atom is 0.338 e. The molecule has 8 nitrogen and oxygen atoms in total. The molecule has 0 amide bonds. The van der Waals surface area contributed by atoms with Crippen LogP contribution in [0, 0.1) is 0 Å². The molecule has 0 aliphatic carbocycles. The summed E-state index contributed by atoms with van der Waals surface area (Å²) < 4.78 is 25.8. The van der Waals surface area contributed by atoms with Crippen LogP contribution in [0.5, 0.6) is 17.2 Å². The van der Waals surface area contributed by atoms with Gasteiger partial charge in [0.05, 0.1) is 46.6 Å². The van der Waals surface area contributed by atoms with E-state index < -0.39 is 12.0 Å². The summed E-state index contributed by atoms with van der Waals surface area (Å²) in [6.45, 7) is 6.45. The Hall–Kier alpha value is -4.67. The fourth-order valence-electron chi connectivity index (χ4n) is 5.69. The molecule has 0 saturated heterocycles. The Balaban J connectivity index is 1.39. The van der Waals surface area contributed by atoms with Gasteiger partial charge in [-0.15, -0.1) is 0 Å². The topological polar surface area (TPSA) is 88.4 Å². The van der Waals surface area contributed by atoms with Gasteiger partial charge in [-0.1, -0.05) is 65.9 Å². The minimum Gasteiger partial charge on any atom is -0.496 e. The van der Waals surface area contributed by atoms with Crippen molar-refractivity contribution in [1.82, 2.24) is 4.57 Å². The van der Waals surface area contributed by atoms with E-state index >= 15 is 0 Å². The monoisotopic (exact) mass is 712 g/mol. The number of carbonyl (C=O) groups is 1. The maximum atomic E-state index is 14.1. The molecule has 2 heterocycles. The lowest BCUT2D eigenvalue weighted by Crippen LogP contribution is -2.39. The molecule has 1 aromatic heterocycles. The SMILES string of the molecule is CCOC(=O)C1=C(C)N=c2s/c(=C/c3ccc(OCc4cccc5ccccc45)c(OCC)c3)c(=O)n2[C@@H]1c1ccc(OC)c(Br)c1. The van der Waals surface area contributed by atoms with Crippen molar-refractivity contribution in [2.45, 2.75) is 33.4 Å². The number of rotatable bonds is 10. The number of fused-ring (bicyclic) bond motifs is 2. The normalized spacial score (nSPS) is 14.5. The number of carbonyl (C=O) groups excluding carboxylic acids is 1. The molecule has 5 aromatic rings. The first-order valence-electron chi connectivity index (χ1n) is 15.2. The van der Waals surface area contributed by atoms with Gasteiger partial charge in [0.15, 0.2) is 16.3 Å². The number of ether oxygens (including phenoxy) is 4. The van der Waals surface area contributed by atoms with Gasteiger partial charge >= 0.3 is 5.97 Å². The van der Waals surface area contributed by atoms with E-state index in [0.29, 0.717) is 61.1 Å². The standard InChI is InChI=1S/C37H33BrN2O6S/c1-5-44-31-18-23(14-16-30(31)46-21-26-12-9-11-24-10-7-8-13-27(24)26)19-32-35(41)40-34(25-15-17-29(43-4)28(38)20-25)33(36(42)45-6-2)22(3)39-37(40)47-32/h7-20,34H,5-6,21H2,1-4H3/b32-19+/t34-/m1/s1. The van der Waals surface area contributed by atoms with Crippen molar-refractivity contribution in [1.29, 1.82) is 0 Å². The van der Waals surface area contributed by atoms with Crippen molar-refractivity contribution < 1.29 is 23.7 Å². The zero-order valence-electron chi connectivity index (χ0n) is 26.4. The fraction of sp³-hybridized carbons (Fsp3) is 0.216. The second kappa shape index (κ2) is 14.0. The number of allylic oxidation sites excluding steroid dienone is 1. The molecule has 6 rings (SSSR count). The van der Waals surface area contributed by atoms with Crippen LogP contribution in [-0.4, -0.2) is 30.9 Å². The quantitative estimate of drug-likeness (QED) is 0.150. The van der Waals surface area contributed by atoms with Crippen molar-refractivity contribution in [3.63, 3.8) is 0 Å². The van der Waals surface area contributed by atoms with Gasteiger partial charge in [-0.25, -0.2) is 9.79 Å². The lowest BCUT2D eigenvalue weighted by Gasteiger charge is -2.25. The summed E-state index contributed by atoms with van der Waals surface area (Å²) in [6, 6.07) is 24.8. The Morgan fingerprint density at radius 2 is 1.74 bits per heavy atom. The molecule has 0 unspecified atom stereocenters. The molecule has 0 spiro atoms. The Morgan fingerprint density at radius 3 is 2.51 bits per heavy atom. The highest BCUT2D eigenvalue weighted by molar-refractivity contribution is 9.10. The fourth-order valence-corrected chi connectivity index (χ4v) is 7.29. The third kappa shape index (κ3) is 6.48. The molecular weight excluding hydrogens is 680 g/mol. The summed E-state index contributed by atoms with van der Waals surface area (Å²) in [6.07, 6.45) is 1.81. The number of benzene rings is 4. The highest BCUT2D eigenvalue weighted by atomic mass is 79.9. The van der Waals surface area contributed by atoms with Crippen LogP contribution in [0.1, 0.15) is 43.5 Å². The van der Waals surface area contributed by atoms with Gasteiger partial charge in [-0.3, -0.25) is 9.36 Å². The number of hydrogen-bond donors (Lipinski definition) is 0. The van der Waals surface area contributed by atoms with Crippen LogP contribution in [0.3, 0.4) is 0 Å². The van der Waals surface area contributed by atoms with Crippen molar-refractivity contribution in [2.75, 3.05) is 20.3 Å². The third-order valence-corrected chi connectivity index (χ3v) is 9.44. The number of nitrogens with zero attached hydrogens (tertiary/aromatic N) is 2. The van der Waals surface area contributed by atoms with E-state index in [9.17, 15) is 9.59 Å². The van der Waals surface area contributed by atoms with Gasteiger partial charge < -0.3 is 18.9 Å². The predicted molar refractivity (Wildman–Crippen MR) is 187 cm³/mol. The number of aromatic nitrogens is 1. The Morgan fingerprint density at radius 1 is 0.957 bits per heavy atom. The largest absolute Gasteiger partial charge is 0.496 e. The lowest BCUT2D eigenvalue weighted by atomic mass is 9.96. The molecule has 47 heavy (non-hydrogen) atoms. The van der Waals surface area contributed by atoms with E-state index in [2.05, 4.69) is 45.2 Å². The van der Waals surface area contributed by atoms with Crippen molar-refractivity contribution in [2.24, 2.45) is 4.99 Å². The zero-order chi connectivity index (χ0) is 33.1. The summed E-state index contributed by atoms with van der Waals surface area (Å²) in [5, 5.41) is 2.29. The smallest absolute Gasteiger partial charge is 0.338 e. The first kappa shape index (κ1) is 32.3. The first-order chi connectivity index (χ1) is 22.8. The van der Waals surface area contributed by atoms with Crippen LogP contribution in [-0.2, 0) is 16.1 Å². The highest BCUT2D eigenvalue weighted by Crippen LogP contribution is 2.35. The minimum absolute atomic E-state index is 0.197.